The summed E-state index contributed by atoms with van der Waals surface area (Å²) in [5.74, 6) is 0.755. The van der Waals surface area contributed by atoms with Crippen LogP contribution >= 0.6 is 0 Å². The number of carbonyl (C=O) groups is 1. The Morgan fingerprint density at radius 2 is 2.35 bits per heavy atom. The first-order valence-electron chi connectivity index (χ1n) is 6.79. The molecule has 1 saturated carbocycles. The lowest BCUT2D eigenvalue weighted by atomic mass is 10.1. The van der Waals surface area contributed by atoms with Crippen molar-refractivity contribution >= 4 is 5.97 Å². The van der Waals surface area contributed by atoms with E-state index < -0.39 is 0 Å². The highest BCUT2D eigenvalue weighted by molar-refractivity contribution is 5.75. The zero-order valence-electron chi connectivity index (χ0n) is 10.9. The number of hydrogen-bond acceptors (Lipinski definition) is 4. The second-order valence-corrected chi connectivity index (χ2v) is 5.32. The van der Waals surface area contributed by atoms with Crippen LogP contribution in [0.4, 0.5) is 0 Å². The lowest BCUT2D eigenvalue weighted by molar-refractivity contribution is -0.143. The van der Waals surface area contributed by atoms with Gasteiger partial charge in [0.15, 0.2) is 0 Å². The highest BCUT2D eigenvalue weighted by Crippen LogP contribution is 2.37. The van der Waals surface area contributed by atoms with Crippen molar-refractivity contribution in [1.82, 2.24) is 10.2 Å². The summed E-state index contributed by atoms with van der Waals surface area (Å²) >= 11 is 0. The Bertz CT molecular complexity index is 270. The summed E-state index contributed by atoms with van der Waals surface area (Å²) in [6, 6.07) is 0.565. The minimum Gasteiger partial charge on any atom is -0.468 e. The number of methoxy groups -OCH3 is 1. The van der Waals surface area contributed by atoms with E-state index in [4.69, 9.17) is 4.74 Å². The van der Waals surface area contributed by atoms with E-state index in [1.807, 2.05) is 0 Å². The molecule has 2 aliphatic rings. The van der Waals surface area contributed by atoms with Gasteiger partial charge in [-0.05, 0) is 38.1 Å². The van der Waals surface area contributed by atoms with Crippen LogP contribution in [0.2, 0.25) is 0 Å². The Labute approximate surface area is 104 Å². The van der Waals surface area contributed by atoms with Gasteiger partial charge in [-0.3, -0.25) is 9.69 Å². The predicted molar refractivity (Wildman–Crippen MR) is 66.8 cm³/mol. The minimum absolute atomic E-state index is 0.124. The SMILES string of the molecule is CCCNC(CN1CC2CCC1C2)C(=O)OC. The average molecular weight is 240 g/mol. The van der Waals surface area contributed by atoms with E-state index in [1.165, 1.54) is 32.9 Å². The van der Waals surface area contributed by atoms with Gasteiger partial charge in [-0.25, -0.2) is 0 Å². The van der Waals surface area contributed by atoms with Crippen molar-refractivity contribution in [3.05, 3.63) is 0 Å². The Morgan fingerprint density at radius 3 is 2.88 bits per heavy atom. The lowest BCUT2D eigenvalue weighted by Crippen LogP contribution is -2.49. The van der Waals surface area contributed by atoms with E-state index in [-0.39, 0.29) is 12.0 Å². The number of ether oxygens (including phenoxy) is 1. The fourth-order valence-corrected chi connectivity index (χ4v) is 3.17. The smallest absolute Gasteiger partial charge is 0.324 e. The van der Waals surface area contributed by atoms with Gasteiger partial charge in [0.2, 0.25) is 0 Å². The summed E-state index contributed by atoms with van der Waals surface area (Å²) in [5.41, 5.74) is 0. The van der Waals surface area contributed by atoms with Gasteiger partial charge in [0, 0.05) is 19.1 Å². The maximum Gasteiger partial charge on any atom is 0.324 e. The molecule has 1 heterocycles. The molecule has 1 aliphatic carbocycles. The van der Waals surface area contributed by atoms with E-state index in [0.29, 0.717) is 0 Å². The number of nitrogens with one attached hydrogen (secondary N) is 1. The predicted octanol–water partition coefficient (Wildman–Crippen LogP) is 1.01. The quantitative estimate of drug-likeness (QED) is 0.704. The van der Waals surface area contributed by atoms with E-state index in [1.54, 1.807) is 0 Å². The molecular weight excluding hydrogens is 216 g/mol. The Balaban J connectivity index is 1.86. The second kappa shape index (κ2) is 5.83. The molecule has 1 aliphatic heterocycles. The number of hydrogen-bond donors (Lipinski definition) is 1. The molecule has 4 nitrogen and oxygen atoms in total. The molecule has 0 aromatic rings. The first-order valence-corrected chi connectivity index (χ1v) is 6.79. The highest BCUT2D eigenvalue weighted by Gasteiger charge is 2.39. The number of carbonyl (C=O) groups excluding carboxylic acids is 1. The van der Waals surface area contributed by atoms with Crippen molar-refractivity contribution in [3.8, 4) is 0 Å². The van der Waals surface area contributed by atoms with Crippen molar-refractivity contribution in [2.24, 2.45) is 5.92 Å². The monoisotopic (exact) mass is 240 g/mol. The Kier molecular flexibility index (Phi) is 4.40. The molecular formula is C13H24N2O2. The van der Waals surface area contributed by atoms with Crippen molar-refractivity contribution in [3.63, 3.8) is 0 Å². The normalized spacial score (nSPS) is 29.5. The summed E-state index contributed by atoms with van der Waals surface area (Å²) in [4.78, 5) is 14.2. The number of rotatable bonds is 6. The van der Waals surface area contributed by atoms with Crippen LogP contribution in [0.1, 0.15) is 32.6 Å². The molecule has 2 rings (SSSR count). The fraction of sp³-hybridized carbons (Fsp3) is 0.923. The zero-order valence-corrected chi connectivity index (χ0v) is 10.9. The number of likely N-dealkylation sites (tertiary alicyclic amines) is 1. The lowest BCUT2D eigenvalue weighted by Gasteiger charge is -2.30. The third kappa shape index (κ3) is 2.99. The maximum absolute atomic E-state index is 11.7. The molecule has 1 saturated heterocycles. The fourth-order valence-electron chi connectivity index (χ4n) is 3.17. The average Bonchev–Trinajstić information content (AvgIpc) is 2.95. The van der Waals surface area contributed by atoms with Crippen LogP contribution in [0.5, 0.6) is 0 Å². The van der Waals surface area contributed by atoms with Crippen LogP contribution < -0.4 is 5.32 Å². The molecule has 2 bridgehead atoms. The molecule has 4 heteroatoms. The number of nitrogens with zero attached hydrogens (tertiary/aromatic N) is 1. The topological polar surface area (TPSA) is 41.6 Å². The van der Waals surface area contributed by atoms with Crippen LogP contribution in [-0.2, 0) is 9.53 Å². The minimum atomic E-state index is -0.153. The molecule has 3 unspecified atom stereocenters. The summed E-state index contributed by atoms with van der Waals surface area (Å²) in [7, 11) is 1.47. The molecule has 0 spiro atoms. The van der Waals surface area contributed by atoms with Gasteiger partial charge < -0.3 is 10.1 Å². The van der Waals surface area contributed by atoms with Gasteiger partial charge in [-0.2, -0.15) is 0 Å². The van der Waals surface area contributed by atoms with E-state index in [2.05, 4.69) is 17.1 Å². The molecule has 0 radical (unpaired) electrons. The zero-order chi connectivity index (χ0) is 12.3. The van der Waals surface area contributed by atoms with Crippen molar-refractivity contribution < 1.29 is 9.53 Å². The third-order valence-electron chi connectivity index (χ3n) is 4.07. The van der Waals surface area contributed by atoms with Crippen LogP contribution in [-0.4, -0.2) is 49.7 Å². The van der Waals surface area contributed by atoms with Crippen LogP contribution in [0, 0.1) is 5.92 Å². The van der Waals surface area contributed by atoms with Gasteiger partial charge in [0.1, 0.15) is 6.04 Å². The van der Waals surface area contributed by atoms with Gasteiger partial charge >= 0.3 is 5.97 Å². The van der Waals surface area contributed by atoms with Gasteiger partial charge in [0.05, 0.1) is 7.11 Å². The molecule has 98 valence electrons. The maximum atomic E-state index is 11.7. The molecule has 0 amide bonds. The standard InChI is InChI=1S/C13H24N2O2/c1-3-6-14-12(13(16)17-2)9-15-8-10-4-5-11(15)7-10/h10-12,14H,3-9H2,1-2H3. The third-order valence-corrected chi connectivity index (χ3v) is 4.07. The van der Waals surface area contributed by atoms with E-state index in [9.17, 15) is 4.79 Å². The van der Waals surface area contributed by atoms with E-state index >= 15 is 0 Å². The molecule has 17 heavy (non-hydrogen) atoms. The highest BCUT2D eigenvalue weighted by atomic mass is 16.5. The summed E-state index contributed by atoms with van der Waals surface area (Å²) in [6.07, 6.45) is 5.07. The number of fused-ring (bicyclic) bond motifs is 2. The Hall–Kier alpha value is -0.610. The first-order chi connectivity index (χ1) is 8.24. The van der Waals surface area contributed by atoms with E-state index in [0.717, 1.165) is 31.5 Å². The van der Waals surface area contributed by atoms with Gasteiger partial charge in [-0.15, -0.1) is 0 Å². The van der Waals surface area contributed by atoms with Crippen LogP contribution in [0.15, 0.2) is 0 Å². The molecule has 1 N–H and O–H groups in total. The summed E-state index contributed by atoms with van der Waals surface area (Å²) < 4.78 is 4.87. The Morgan fingerprint density at radius 1 is 1.53 bits per heavy atom. The first kappa shape index (κ1) is 12.8. The summed E-state index contributed by atoms with van der Waals surface area (Å²) in [6.45, 7) is 4.97. The largest absolute Gasteiger partial charge is 0.468 e. The van der Waals surface area contributed by atoms with Gasteiger partial charge in [-0.1, -0.05) is 6.92 Å². The van der Waals surface area contributed by atoms with Crippen LogP contribution in [0.25, 0.3) is 0 Å². The van der Waals surface area contributed by atoms with Gasteiger partial charge in [0.25, 0.3) is 0 Å². The van der Waals surface area contributed by atoms with Crippen molar-refractivity contribution in [2.45, 2.75) is 44.7 Å². The summed E-state index contributed by atoms with van der Waals surface area (Å²) in [5, 5.41) is 3.29. The molecule has 3 atom stereocenters. The van der Waals surface area contributed by atoms with Crippen LogP contribution in [0.3, 0.4) is 0 Å². The van der Waals surface area contributed by atoms with Crippen molar-refractivity contribution in [2.75, 3.05) is 26.7 Å². The second-order valence-electron chi connectivity index (χ2n) is 5.32. The molecule has 0 aromatic heterocycles. The number of esters is 1. The molecule has 2 fully saturated rings. The van der Waals surface area contributed by atoms with Crippen molar-refractivity contribution in [1.29, 1.82) is 0 Å². The number of piperidine rings is 1. The molecule has 0 aromatic carbocycles.